The number of amides is 1. The van der Waals surface area contributed by atoms with E-state index in [-0.39, 0.29) is 5.91 Å². The highest BCUT2D eigenvalue weighted by molar-refractivity contribution is 6.42. The molecule has 1 aromatic heterocycles. The number of nitrogens with one attached hydrogen (secondary N) is 2. The second-order valence-electron chi connectivity index (χ2n) is 5.96. The van der Waals surface area contributed by atoms with E-state index in [1.165, 1.54) is 19.3 Å². The van der Waals surface area contributed by atoms with Gasteiger partial charge in [-0.05, 0) is 43.2 Å². The largest absolute Gasteiger partial charge is 0.367 e. The molecule has 0 spiro atoms. The molecule has 0 aliphatic heterocycles. The van der Waals surface area contributed by atoms with Crippen LogP contribution in [-0.2, 0) is 0 Å². The second kappa shape index (κ2) is 7.86. The molecule has 0 unspecified atom stereocenters. The van der Waals surface area contributed by atoms with E-state index in [0.29, 0.717) is 33.2 Å². The van der Waals surface area contributed by atoms with Crippen molar-refractivity contribution in [3.63, 3.8) is 0 Å². The summed E-state index contributed by atoms with van der Waals surface area (Å²) in [7, 11) is 0. The number of pyridine rings is 1. The monoisotopic (exact) mass is 363 g/mol. The Morgan fingerprint density at radius 2 is 1.88 bits per heavy atom. The molecule has 1 amide bonds. The van der Waals surface area contributed by atoms with Crippen LogP contribution in [0.3, 0.4) is 0 Å². The average molecular weight is 364 g/mol. The zero-order valence-electron chi connectivity index (χ0n) is 13.2. The van der Waals surface area contributed by atoms with Gasteiger partial charge in [-0.25, -0.2) is 4.98 Å². The maximum absolute atomic E-state index is 12.6. The summed E-state index contributed by atoms with van der Waals surface area (Å²) in [6.07, 6.45) is 7.64. The Kier molecular flexibility index (Phi) is 5.59. The molecular formula is C18H19Cl2N3O. The Balaban J connectivity index is 1.75. The van der Waals surface area contributed by atoms with E-state index in [1.807, 2.05) is 0 Å². The van der Waals surface area contributed by atoms with Gasteiger partial charge in [-0.3, -0.25) is 4.79 Å². The van der Waals surface area contributed by atoms with Crippen molar-refractivity contribution in [2.24, 2.45) is 0 Å². The van der Waals surface area contributed by atoms with Crippen molar-refractivity contribution < 1.29 is 4.79 Å². The van der Waals surface area contributed by atoms with Crippen LogP contribution in [-0.4, -0.2) is 16.9 Å². The van der Waals surface area contributed by atoms with Crippen LogP contribution >= 0.6 is 23.2 Å². The van der Waals surface area contributed by atoms with Crippen molar-refractivity contribution in [1.82, 2.24) is 4.98 Å². The number of carbonyl (C=O) groups is 1. The first-order valence-corrected chi connectivity index (χ1v) is 8.87. The lowest BCUT2D eigenvalue weighted by molar-refractivity contribution is 0.102. The van der Waals surface area contributed by atoms with Gasteiger partial charge in [-0.1, -0.05) is 42.5 Å². The average Bonchev–Trinajstić information content (AvgIpc) is 2.59. The Labute approximate surface area is 151 Å². The molecule has 1 aliphatic rings. The maximum Gasteiger partial charge on any atom is 0.259 e. The van der Waals surface area contributed by atoms with Crippen molar-refractivity contribution >= 4 is 40.6 Å². The van der Waals surface area contributed by atoms with E-state index in [2.05, 4.69) is 15.6 Å². The molecule has 3 rings (SSSR count). The van der Waals surface area contributed by atoms with Crippen LogP contribution in [0.15, 0.2) is 36.5 Å². The van der Waals surface area contributed by atoms with E-state index in [1.54, 1.807) is 36.5 Å². The molecule has 24 heavy (non-hydrogen) atoms. The summed E-state index contributed by atoms with van der Waals surface area (Å²) in [6, 6.07) is 8.92. The highest BCUT2D eigenvalue weighted by atomic mass is 35.5. The van der Waals surface area contributed by atoms with Crippen molar-refractivity contribution in [1.29, 1.82) is 0 Å². The first-order valence-electron chi connectivity index (χ1n) is 8.11. The molecule has 1 heterocycles. The molecule has 6 heteroatoms. The zero-order valence-corrected chi connectivity index (χ0v) is 14.7. The van der Waals surface area contributed by atoms with Gasteiger partial charge in [0, 0.05) is 17.9 Å². The molecule has 0 radical (unpaired) electrons. The minimum atomic E-state index is -0.222. The first kappa shape index (κ1) is 17.1. The third-order valence-corrected chi connectivity index (χ3v) is 4.91. The number of anilines is 2. The smallest absolute Gasteiger partial charge is 0.259 e. The lowest BCUT2D eigenvalue weighted by Crippen LogP contribution is -2.25. The van der Waals surface area contributed by atoms with Crippen molar-refractivity contribution in [2.45, 2.75) is 38.1 Å². The van der Waals surface area contributed by atoms with E-state index in [9.17, 15) is 4.79 Å². The number of hydrogen-bond donors (Lipinski definition) is 2. The molecule has 1 saturated carbocycles. The zero-order chi connectivity index (χ0) is 16.9. The van der Waals surface area contributed by atoms with Crippen LogP contribution in [0.4, 0.5) is 11.5 Å². The first-order chi connectivity index (χ1) is 11.6. The van der Waals surface area contributed by atoms with Crippen LogP contribution in [0, 0.1) is 0 Å². The summed E-state index contributed by atoms with van der Waals surface area (Å²) >= 11 is 11.9. The third-order valence-electron chi connectivity index (χ3n) is 4.18. The van der Waals surface area contributed by atoms with Crippen molar-refractivity contribution in [2.75, 3.05) is 10.6 Å². The number of nitrogens with zero attached hydrogens (tertiary/aromatic N) is 1. The van der Waals surface area contributed by atoms with Gasteiger partial charge in [0.15, 0.2) is 0 Å². The van der Waals surface area contributed by atoms with Gasteiger partial charge in [0.2, 0.25) is 0 Å². The number of hydrogen-bond acceptors (Lipinski definition) is 3. The quantitative estimate of drug-likeness (QED) is 0.765. The van der Waals surface area contributed by atoms with E-state index in [4.69, 9.17) is 23.2 Å². The minimum absolute atomic E-state index is 0.222. The SMILES string of the molecule is O=C(Nc1ccc(Cl)c(Cl)c1)c1cccnc1NC1CCCCC1. The molecule has 0 saturated heterocycles. The summed E-state index contributed by atoms with van der Waals surface area (Å²) in [6.45, 7) is 0. The van der Waals surface area contributed by atoms with E-state index >= 15 is 0 Å². The number of benzene rings is 1. The number of carbonyl (C=O) groups excluding carboxylic acids is 1. The van der Waals surface area contributed by atoms with Gasteiger partial charge < -0.3 is 10.6 Å². The molecule has 1 aromatic carbocycles. The highest BCUT2D eigenvalue weighted by Crippen LogP contribution is 2.26. The number of aromatic nitrogens is 1. The summed E-state index contributed by atoms with van der Waals surface area (Å²) in [5, 5.41) is 7.12. The Hall–Kier alpha value is -1.78. The molecule has 1 fully saturated rings. The molecule has 0 atom stereocenters. The van der Waals surface area contributed by atoms with Gasteiger partial charge in [-0.2, -0.15) is 0 Å². The number of rotatable bonds is 4. The summed E-state index contributed by atoms with van der Waals surface area (Å²) < 4.78 is 0. The molecule has 4 nitrogen and oxygen atoms in total. The molecule has 0 bridgehead atoms. The Bertz CT molecular complexity index is 730. The fourth-order valence-electron chi connectivity index (χ4n) is 2.92. The molecule has 2 N–H and O–H groups in total. The van der Waals surface area contributed by atoms with Crippen molar-refractivity contribution in [3.8, 4) is 0 Å². The molecule has 126 valence electrons. The predicted molar refractivity (Wildman–Crippen MR) is 99.1 cm³/mol. The second-order valence-corrected chi connectivity index (χ2v) is 6.78. The summed E-state index contributed by atoms with van der Waals surface area (Å²) in [5.74, 6) is 0.404. The fraction of sp³-hybridized carbons (Fsp3) is 0.333. The molecular weight excluding hydrogens is 345 g/mol. The predicted octanol–water partition coefficient (Wildman–Crippen LogP) is 5.39. The van der Waals surface area contributed by atoms with Gasteiger partial charge >= 0.3 is 0 Å². The highest BCUT2D eigenvalue weighted by Gasteiger charge is 2.18. The summed E-state index contributed by atoms with van der Waals surface area (Å²) in [5.41, 5.74) is 1.12. The van der Waals surface area contributed by atoms with Crippen LogP contribution in [0.2, 0.25) is 10.0 Å². The lowest BCUT2D eigenvalue weighted by atomic mass is 9.95. The van der Waals surface area contributed by atoms with Crippen molar-refractivity contribution in [3.05, 3.63) is 52.1 Å². The van der Waals surface area contributed by atoms with Crippen LogP contribution in [0.5, 0.6) is 0 Å². The van der Waals surface area contributed by atoms with Gasteiger partial charge in [0.1, 0.15) is 5.82 Å². The minimum Gasteiger partial charge on any atom is -0.367 e. The topological polar surface area (TPSA) is 54.0 Å². The van der Waals surface area contributed by atoms with Crippen LogP contribution in [0.1, 0.15) is 42.5 Å². The van der Waals surface area contributed by atoms with Crippen LogP contribution < -0.4 is 10.6 Å². The standard InChI is InChI=1S/C18H19Cl2N3O/c19-15-9-8-13(11-16(15)20)23-18(24)14-7-4-10-21-17(14)22-12-5-2-1-3-6-12/h4,7-12H,1-3,5-6H2,(H,21,22)(H,23,24). The van der Waals surface area contributed by atoms with E-state index < -0.39 is 0 Å². The Morgan fingerprint density at radius 3 is 2.62 bits per heavy atom. The third kappa shape index (κ3) is 4.19. The van der Waals surface area contributed by atoms with Crippen LogP contribution in [0.25, 0.3) is 0 Å². The number of halogens is 2. The summed E-state index contributed by atoms with van der Waals surface area (Å²) in [4.78, 5) is 17.0. The Morgan fingerprint density at radius 1 is 1.08 bits per heavy atom. The van der Waals surface area contributed by atoms with Gasteiger partial charge in [0.05, 0.1) is 15.6 Å². The van der Waals surface area contributed by atoms with E-state index in [0.717, 1.165) is 12.8 Å². The fourth-order valence-corrected chi connectivity index (χ4v) is 3.21. The maximum atomic E-state index is 12.6. The molecule has 1 aliphatic carbocycles. The van der Waals surface area contributed by atoms with Gasteiger partial charge in [-0.15, -0.1) is 0 Å². The molecule has 2 aromatic rings. The normalized spacial score (nSPS) is 15.1. The lowest BCUT2D eigenvalue weighted by Gasteiger charge is -2.24. The van der Waals surface area contributed by atoms with Gasteiger partial charge in [0.25, 0.3) is 5.91 Å².